The smallest absolute Gasteiger partial charge is 0.230 e. The number of rotatable bonds is 6. The molecule has 1 rings (SSSR count). The van der Waals surface area contributed by atoms with Crippen molar-refractivity contribution in [2.24, 2.45) is 11.1 Å². The van der Waals surface area contributed by atoms with Gasteiger partial charge >= 0.3 is 0 Å². The van der Waals surface area contributed by atoms with Gasteiger partial charge in [0.05, 0.1) is 5.41 Å². The number of carbonyl (C=O) groups is 1. The number of carbonyl (C=O) groups excluding carboxylic acids is 1. The highest BCUT2D eigenvalue weighted by molar-refractivity contribution is 5.83. The first kappa shape index (κ1) is 15.5. The topological polar surface area (TPSA) is 46.3 Å². The average molecular weight is 254 g/mol. The van der Waals surface area contributed by atoms with Gasteiger partial charge in [-0.2, -0.15) is 0 Å². The van der Waals surface area contributed by atoms with E-state index in [1.165, 1.54) is 12.8 Å². The van der Waals surface area contributed by atoms with E-state index in [9.17, 15) is 4.79 Å². The van der Waals surface area contributed by atoms with Crippen LogP contribution in [-0.2, 0) is 4.79 Å². The Morgan fingerprint density at radius 2 is 1.78 bits per heavy atom. The molecule has 0 aromatic rings. The highest BCUT2D eigenvalue weighted by Crippen LogP contribution is 2.36. The fraction of sp³-hybridized carbons (Fsp3) is 0.933. The van der Waals surface area contributed by atoms with Crippen LogP contribution in [0.2, 0.25) is 0 Å². The third-order valence-electron chi connectivity index (χ3n) is 4.36. The van der Waals surface area contributed by atoms with E-state index in [4.69, 9.17) is 5.73 Å². The Hall–Kier alpha value is -0.570. The monoisotopic (exact) mass is 254 g/mol. The number of nitrogens with zero attached hydrogens (tertiary/aromatic N) is 1. The molecule has 1 fully saturated rings. The van der Waals surface area contributed by atoms with E-state index in [0.717, 1.165) is 51.6 Å². The standard InChI is InChI=1S/C15H30N2O/c1-3-5-12-17(4-2)14(18)15(13-16)10-8-6-7-9-11-15/h3-13,16H2,1-2H3. The molecule has 1 aliphatic carbocycles. The van der Waals surface area contributed by atoms with Crippen molar-refractivity contribution in [2.45, 2.75) is 65.2 Å². The quantitative estimate of drug-likeness (QED) is 0.741. The molecule has 0 aromatic carbocycles. The molecule has 1 aliphatic rings. The molecule has 0 spiro atoms. The second-order valence-corrected chi connectivity index (χ2v) is 5.64. The van der Waals surface area contributed by atoms with E-state index in [1.54, 1.807) is 0 Å². The van der Waals surface area contributed by atoms with Crippen molar-refractivity contribution in [1.82, 2.24) is 4.90 Å². The predicted octanol–water partition coefficient (Wildman–Crippen LogP) is 2.93. The molecule has 2 N–H and O–H groups in total. The maximum atomic E-state index is 12.8. The third kappa shape index (κ3) is 3.71. The van der Waals surface area contributed by atoms with E-state index in [-0.39, 0.29) is 5.41 Å². The number of hydrogen-bond donors (Lipinski definition) is 1. The molecule has 0 saturated heterocycles. The molecule has 0 aliphatic heterocycles. The molecule has 3 heteroatoms. The summed E-state index contributed by atoms with van der Waals surface area (Å²) in [7, 11) is 0. The van der Waals surface area contributed by atoms with Crippen LogP contribution < -0.4 is 5.73 Å². The maximum Gasteiger partial charge on any atom is 0.230 e. The minimum Gasteiger partial charge on any atom is -0.342 e. The summed E-state index contributed by atoms with van der Waals surface area (Å²) >= 11 is 0. The normalized spacial score (nSPS) is 19.3. The number of hydrogen-bond acceptors (Lipinski definition) is 2. The second kappa shape index (κ2) is 7.78. The molecule has 18 heavy (non-hydrogen) atoms. The van der Waals surface area contributed by atoms with Crippen molar-refractivity contribution in [3.05, 3.63) is 0 Å². The van der Waals surface area contributed by atoms with Gasteiger partial charge in [0.15, 0.2) is 0 Å². The lowest BCUT2D eigenvalue weighted by molar-refractivity contribution is -0.142. The van der Waals surface area contributed by atoms with Gasteiger partial charge in [-0.05, 0) is 26.2 Å². The van der Waals surface area contributed by atoms with Crippen LogP contribution in [-0.4, -0.2) is 30.4 Å². The Balaban J connectivity index is 2.74. The molecule has 106 valence electrons. The highest BCUT2D eigenvalue weighted by atomic mass is 16.2. The van der Waals surface area contributed by atoms with Gasteiger partial charge in [-0.15, -0.1) is 0 Å². The Morgan fingerprint density at radius 3 is 2.22 bits per heavy atom. The van der Waals surface area contributed by atoms with Crippen LogP contribution in [0.3, 0.4) is 0 Å². The molecular weight excluding hydrogens is 224 g/mol. The van der Waals surface area contributed by atoms with Crippen molar-refractivity contribution in [2.75, 3.05) is 19.6 Å². The fourth-order valence-corrected chi connectivity index (χ4v) is 3.00. The molecule has 0 atom stereocenters. The molecule has 0 aromatic heterocycles. The number of nitrogens with two attached hydrogens (primary N) is 1. The highest BCUT2D eigenvalue weighted by Gasteiger charge is 2.39. The van der Waals surface area contributed by atoms with Gasteiger partial charge in [-0.25, -0.2) is 0 Å². The lowest BCUT2D eigenvalue weighted by atomic mass is 9.79. The first-order valence-electron chi connectivity index (χ1n) is 7.69. The van der Waals surface area contributed by atoms with Gasteiger partial charge in [0, 0.05) is 19.6 Å². The fourth-order valence-electron chi connectivity index (χ4n) is 3.00. The van der Waals surface area contributed by atoms with Crippen molar-refractivity contribution in [1.29, 1.82) is 0 Å². The molecule has 0 bridgehead atoms. The lowest BCUT2D eigenvalue weighted by Gasteiger charge is -2.35. The van der Waals surface area contributed by atoms with Crippen molar-refractivity contribution in [3.8, 4) is 0 Å². The lowest BCUT2D eigenvalue weighted by Crippen LogP contribution is -2.48. The largest absolute Gasteiger partial charge is 0.342 e. The van der Waals surface area contributed by atoms with E-state index in [0.29, 0.717) is 12.5 Å². The Bertz CT molecular complexity index is 245. The summed E-state index contributed by atoms with van der Waals surface area (Å²) in [5, 5.41) is 0. The first-order chi connectivity index (χ1) is 8.70. The minimum atomic E-state index is -0.250. The molecule has 0 unspecified atom stereocenters. The van der Waals surface area contributed by atoms with Crippen LogP contribution in [0.25, 0.3) is 0 Å². The van der Waals surface area contributed by atoms with Crippen LogP contribution in [0.15, 0.2) is 0 Å². The van der Waals surface area contributed by atoms with Crippen molar-refractivity contribution < 1.29 is 4.79 Å². The Morgan fingerprint density at radius 1 is 1.17 bits per heavy atom. The number of unbranched alkanes of at least 4 members (excludes halogenated alkanes) is 1. The van der Waals surface area contributed by atoms with Crippen LogP contribution in [0.1, 0.15) is 65.2 Å². The molecular formula is C15H30N2O. The van der Waals surface area contributed by atoms with Gasteiger partial charge < -0.3 is 10.6 Å². The molecule has 1 amide bonds. The Kier molecular flexibility index (Phi) is 6.69. The van der Waals surface area contributed by atoms with Gasteiger partial charge in [0.2, 0.25) is 5.91 Å². The van der Waals surface area contributed by atoms with E-state index in [1.807, 2.05) is 4.90 Å². The summed E-state index contributed by atoms with van der Waals surface area (Å²) in [6.07, 6.45) is 9.06. The van der Waals surface area contributed by atoms with Crippen LogP contribution in [0, 0.1) is 5.41 Å². The van der Waals surface area contributed by atoms with E-state index >= 15 is 0 Å². The summed E-state index contributed by atoms with van der Waals surface area (Å²) in [6.45, 7) is 6.49. The van der Waals surface area contributed by atoms with E-state index in [2.05, 4.69) is 13.8 Å². The minimum absolute atomic E-state index is 0.250. The van der Waals surface area contributed by atoms with Crippen LogP contribution in [0.5, 0.6) is 0 Å². The Labute approximate surface area is 112 Å². The third-order valence-corrected chi connectivity index (χ3v) is 4.36. The average Bonchev–Trinajstić information content (AvgIpc) is 2.65. The van der Waals surface area contributed by atoms with Crippen molar-refractivity contribution >= 4 is 5.91 Å². The zero-order valence-corrected chi connectivity index (χ0v) is 12.2. The molecule has 0 radical (unpaired) electrons. The summed E-state index contributed by atoms with van der Waals surface area (Å²) in [6, 6.07) is 0. The van der Waals surface area contributed by atoms with E-state index < -0.39 is 0 Å². The number of amides is 1. The summed E-state index contributed by atoms with van der Waals surface area (Å²) < 4.78 is 0. The van der Waals surface area contributed by atoms with Gasteiger partial charge in [-0.3, -0.25) is 4.79 Å². The summed E-state index contributed by atoms with van der Waals surface area (Å²) in [4.78, 5) is 14.8. The molecule has 1 saturated carbocycles. The van der Waals surface area contributed by atoms with Gasteiger partial charge in [0.25, 0.3) is 0 Å². The maximum absolute atomic E-state index is 12.8. The van der Waals surface area contributed by atoms with Crippen LogP contribution in [0.4, 0.5) is 0 Å². The zero-order chi connectivity index (χ0) is 13.4. The van der Waals surface area contributed by atoms with Crippen molar-refractivity contribution in [3.63, 3.8) is 0 Å². The predicted molar refractivity (Wildman–Crippen MR) is 76.4 cm³/mol. The molecule has 0 heterocycles. The summed E-state index contributed by atoms with van der Waals surface area (Å²) in [5.74, 6) is 0.322. The second-order valence-electron chi connectivity index (χ2n) is 5.64. The van der Waals surface area contributed by atoms with Gasteiger partial charge in [-0.1, -0.05) is 39.0 Å². The SMILES string of the molecule is CCCCN(CC)C(=O)C1(CN)CCCCCC1. The zero-order valence-electron chi connectivity index (χ0n) is 12.2. The van der Waals surface area contributed by atoms with Gasteiger partial charge in [0.1, 0.15) is 0 Å². The summed E-state index contributed by atoms with van der Waals surface area (Å²) in [5.41, 5.74) is 5.73. The first-order valence-corrected chi connectivity index (χ1v) is 7.69. The van der Waals surface area contributed by atoms with Crippen LogP contribution >= 0.6 is 0 Å². The molecule has 3 nitrogen and oxygen atoms in total.